The zero-order chi connectivity index (χ0) is 18.4. The molecule has 0 saturated heterocycles. The van der Waals surface area contributed by atoms with Crippen LogP contribution in [0.1, 0.15) is 40.0 Å². The molecule has 134 valence electrons. The third kappa shape index (κ3) is 5.17. The van der Waals surface area contributed by atoms with E-state index in [-0.39, 0.29) is 36.7 Å². The number of amides is 3. The van der Waals surface area contributed by atoms with E-state index >= 15 is 0 Å². The summed E-state index contributed by atoms with van der Waals surface area (Å²) in [6, 6.07) is 16.0. The van der Waals surface area contributed by atoms with Crippen LogP contribution in [0.25, 0.3) is 0 Å². The Balaban J connectivity index is 1.45. The van der Waals surface area contributed by atoms with Crippen molar-refractivity contribution in [2.75, 3.05) is 11.9 Å². The van der Waals surface area contributed by atoms with Gasteiger partial charge in [-0.25, -0.2) is 0 Å². The number of hydrogen-bond donors (Lipinski definition) is 3. The maximum Gasteiger partial charge on any atom is 0.251 e. The van der Waals surface area contributed by atoms with Crippen molar-refractivity contribution in [1.29, 1.82) is 0 Å². The first-order valence-electron chi connectivity index (χ1n) is 8.66. The van der Waals surface area contributed by atoms with Gasteiger partial charge in [-0.2, -0.15) is 0 Å². The van der Waals surface area contributed by atoms with Crippen LogP contribution in [0.2, 0.25) is 0 Å². The number of benzene rings is 2. The molecular weight excluding hydrogens is 330 g/mol. The van der Waals surface area contributed by atoms with Gasteiger partial charge in [-0.15, -0.1) is 0 Å². The predicted octanol–water partition coefficient (Wildman–Crippen LogP) is 2.34. The van der Waals surface area contributed by atoms with E-state index in [0.717, 1.165) is 12.8 Å². The average molecular weight is 351 g/mol. The van der Waals surface area contributed by atoms with Crippen molar-refractivity contribution in [3.8, 4) is 0 Å². The number of rotatable bonds is 7. The highest BCUT2D eigenvalue weighted by Crippen LogP contribution is 2.20. The van der Waals surface area contributed by atoms with Gasteiger partial charge in [-0.3, -0.25) is 14.4 Å². The molecule has 2 aromatic rings. The highest BCUT2D eigenvalue weighted by Gasteiger charge is 2.23. The third-order valence-electron chi connectivity index (χ3n) is 3.99. The summed E-state index contributed by atoms with van der Waals surface area (Å²) in [4.78, 5) is 36.0. The van der Waals surface area contributed by atoms with E-state index in [0.29, 0.717) is 16.8 Å². The van der Waals surface area contributed by atoms with E-state index in [2.05, 4.69) is 16.0 Å². The highest BCUT2D eigenvalue weighted by molar-refractivity contribution is 5.98. The minimum absolute atomic E-state index is 0.126. The third-order valence-corrected chi connectivity index (χ3v) is 3.99. The first-order valence-corrected chi connectivity index (χ1v) is 8.66. The SMILES string of the molecule is O=C(CCNC(=O)c1ccccc1)Nc1cccc(C(=O)NC2CC2)c1. The molecule has 1 fully saturated rings. The average Bonchev–Trinajstić information content (AvgIpc) is 3.46. The van der Waals surface area contributed by atoms with Crippen LogP contribution >= 0.6 is 0 Å². The molecule has 0 spiro atoms. The van der Waals surface area contributed by atoms with Crippen molar-refractivity contribution < 1.29 is 14.4 Å². The second kappa shape index (κ2) is 8.29. The van der Waals surface area contributed by atoms with Gasteiger partial charge >= 0.3 is 0 Å². The molecule has 2 aromatic carbocycles. The van der Waals surface area contributed by atoms with Gasteiger partial charge in [0.15, 0.2) is 0 Å². The topological polar surface area (TPSA) is 87.3 Å². The molecular formula is C20H21N3O3. The zero-order valence-corrected chi connectivity index (χ0v) is 14.3. The smallest absolute Gasteiger partial charge is 0.251 e. The second-order valence-corrected chi connectivity index (χ2v) is 6.25. The van der Waals surface area contributed by atoms with Crippen molar-refractivity contribution in [3.63, 3.8) is 0 Å². The largest absolute Gasteiger partial charge is 0.352 e. The van der Waals surface area contributed by atoms with Crippen LogP contribution in [0.3, 0.4) is 0 Å². The Morgan fingerprint density at radius 3 is 2.35 bits per heavy atom. The molecule has 0 aliphatic heterocycles. The molecule has 0 unspecified atom stereocenters. The van der Waals surface area contributed by atoms with Crippen LogP contribution < -0.4 is 16.0 Å². The van der Waals surface area contributed by atoms with Crippen LogP contribution in [0.15, 0.2) is 54.6 Å². The fraction of sp³-hybridized carbons (Fsp3) is 0.250. The summed E-state index contributed by atoms with van der Waals surface area (Å²) in [5.41, 5.74) is 1.64. The lowest BCUT2D eigenvalue weighted by molar-refractivity contribution is -0.116. The highest BCUT2D eigenvalue weighted by atomic mass is 16.2. The molecule has 3 N–H and O–H groups in total. The molecule has 6 heteroatoms. The van der Waals surface area contributed by atoms with Crippen LogP contribution in [0.5, 0.6) is 0 Å². The summed E-state index contributed by atoms with van der Waals surface area (Å²) in [5.74, 6) is -0.561. The molecule has 3 rings (SSSR count). The lowest BCUT2D eigenvalue weighted by Gasteiger charge is -2.09. The Hall–Kier alpha value is -3.15. The summed E-state index contributed by atoms with van der Waals surface area (Å²) in [6.45, 7) is 0.238. The maximum absolute atomic E-state index is 12.0. The summed E-state index contributed by atoms with van der Waals surface area (Å²) >= 11 is 0. The molecule has 6 nitrogen and oxygen atoms in total. The van der Waals surface area contributed by atoms with Crippen LogP contribution in [-0.4, -0.2) is 30.3 Å². The van der Waals surface area contributed by atoms with Crippen molar-refractivity contribution in [2.45, 2.75) is 25.3 Å². The van der Waals surface area contributed by atoms with Crippen molar-refractivity contribution in [2.24, 2.45) is 0 Å². The fourth-order valence-corrected chi connectivity index (χ4v) is 2.44. The van der Waals surface area contributed by atoms with Crippen molar-refractivity contribution >= 4 is 23.4 Å². The fourth-order valence-electron chi connectivity index (χ4n) is 2.44. The molecule has 0 heterocycles. The van der Waals surface area contributed by atoms with Gasteiger partial charge in [-0.05, 0) is 43.2 Å². The van der Waals surface area contributed by atoms with E-state index in [1.807, 2.05) is 6.07 Å². The lowest BCUT2D eigenvalue weighted by atomic mass is 10.2. The van der Waals surface area contributed by atoms with Gasteiger partial charge in [0.05, 0.1) is 0 Å². The molecule has 26 heavy (non-hydrogen) atoms. The number of carbonyl (C=O) groups is 3. The summed E-state index contributed by atoms with van der Waals surface area (Å²) in [5, 5.41) is 8.37. The quantitative estimate of drug-likeness (QED) is 0.715. The summed E-state index contributed by atoms with van der Waals surface area (Å²) in [6.07, 6.45) is 2.20. The van der Waals surface area contributed by atoms with E-state index in [4.69, 9.17) is 0 Å². The standard InChI is InChI=1S/C20H21N3O3/c24-18(11-12-21-19(25)14-5-2-1-3-6-14)22-17-8-4-7-15(13-17)20(26)23-16-9-10-16/h1-8,13,16H,9-12H2,(H,21,25)(H,22,24)(H,23,26). The van der Waals surface area contributed by atoms with Gasteiger partial charge in [0, 0.05) is 35.8 Å². The summed E-state index contributed by atoms with van der Waals surface area (Å²) < 4.78 is 0. The summed E-state index contributed by atoms with van der Waals surface area (Å²) in [7, 11) is 0. The Morgan fingerprint density at radius 1 is 0.885 bits per heavy atom. The van der Waals surface area contributed by atoms with Crippen molar-refractivity contribution in [3.05, 3.63) is 65.7 Å². The van der Waals surface area contributed by atoms with Gasteiger partial charge in [0.2, 0.25) is 5.91 Å². The lowest BCUT2D eigenvalue weighted by Crippen LogP contribution is -2.27. The Morgan fingerprint density at radius 2 is 1.62 bits per heavy atom. The van der Waals surface area contributed by atoms with Crippen LogP contribution in [-0.2, 0) is 4.79 Å². The van der Waals surface area contributed by atoms with Gasteiger partial charge in [0.25, 0.3) is 11.8 Å². The van der Waals surface area contributed by atoms with Gasteiger partial charge in [0.1, 0.15) is 0 Å². The van der Waals surface area contributed by atoms with Gasteiger partial charge in [-0.1, -0.05) is 24.3 Å². The molecule has 0 radical (unpaired) electrons. The van der Waals surface area contributed by atoms with Crippen LogP contribution in [0, 0.1) is 0 Å². The molecule has 1 aliphatic rings. The minimum Gasteiger partial charge on any atom is -0.352 e. The van der Waals surface area contributed by atoms with E-state index in [1.54, 1.807) is 48.5 Å². The molecule has 1 aliphatic carbocycles. The molecule has 0 aromatic heterocycles. The molecule has 3 amide bonds. The predicted molar refractivity (Wildman–Crippen MR) is 99.0 cm³/mol. The Bertz CT molecular complexity index is 801. The van der Waals surface area contributed by atoms with Gasteiger partial charge < -0.3 is 16.0 Å². The second-order valence-electron chi connectivity index (χ2n) is 6.25. The molecule has 0 bridgehead atoms. The first-order chi connectivity index (χ1) is 12.6. The molecule has 1 saturated carbocycles. The number of nitrogens with one attached hydrogen (secondary N) is 3. The first kappa shape index (κ1) is 17.7. The minimum atomic E-state index is -0.224. The zero-order valence-electron chi connectivity index (χ0n) is 14.3. The number of hydrogen-bond acceptors (Lipinski definition) is 3. The molecule has 0 atom stereocenters. The van der Waals surface area contributed by atoms with E-state index < -0.39 is 0 Å². The Labute approximate surface area is 152 Å². The van der Waals surface area contributed by atoms with Crippen molar-refractivity contribution in [1.82, 2.24) is 10.6 Å². The Kier molecular flexibility index (Phi) is 5.63. The maximum atomic E-state index is 12.0. The van der Waals surface area contributed by atoms with E-state index in [9.17, 15) is 14.4 Å². The number of anilines is 1. The normalized spacial score (nSPS) is 12.9. The van der Waals surface area contributed by atoms with E-state index in [1.165, 1.54) is 0 Å². The monoisotopic (exact) mass is 351 g/mol. The van der Waals surface area contributed by atoms with Crippen LogP contribution in [0.4, 0.5) is 5.69 Å². The number of carbonyl (C=O) groups excluding carboxylic acids is 3.